The van der Waals surface area contributed by atoms with E-state index in [-0.39, 0.29) is 0 Å². The summed E-state index contributed by atoms with van der Waals surface area (Å²) >= 11 is 0. The molecular formula is C132H81N3O6. The molecule has 30 rings (SSSR count). The van der Waals surface area contributed by atoms with Crippen molar-refractivity contribution in [3.63, 3.8) is 0 Å². The summed E-state index contributed by atoms with van der Waals surface area (Å²) in [6, 6.07) is 173. The molecule has 9 nitrogen and oxygen atoms in total. The number of hydrogen-bond donors (Lipinski definition) is 0. The van der Waals surface area contributed by atoms with Gasteiger partial charge in [0.1, 0.15) is 66.8 Å². The molecule has 660 valence electrons. The Balaban J connectivity index is 0.000000104. The van der Waals surface area contributed by atoms with E-state index in [4.69, 9.17) is 26.5 Å². The second-order valence-corrected chi connectivity index (χ2v) is 36.2. The lowest BCUT2D eigenvalue weighted by Crippen LogP contribution is -1.93. The zero-order valence-electron chi connectivity index (χ0n) is 76.1. The number of nitrogens with zero attached hydrogens (tertiary/aromatic N) is 3. The summed E-state index contributed by atoms with van der Waals surface area (Å²) in [5, 5.41) is 13.3. The summed E-state index contributed by atoms with van der Waals surface area (Å²) in [6.07, 6.45) is 0. The third-order valence-electron chi connectivity index (χ3n) is 28.3. The molecule has 0 radical (unpaired) electrons. The highest BCUT2D eigenvalue weighted by Crippen LogP contribution is 2.52. The van der Waals surface area contributed by atoms with Gasteiger partial charge in [-0.05, 0) is 194 Å². The summed E-state index contributed by atoms with van der Waals surface area (Å²) < 4.78 is 47.6. The summed E-state index contributed by atoms with van der Waals surface area (Å²) in [6.45, 7) is 0. The maximum atomic E-state index is 6.90. The van der Waals surface area contributed by atoms with E-state index in [2.05, 4.69) is 487 Å². The van der Waals surface area contributed by atoms with Gasteiger partial charge in [0.15, 0.2) is 16.7 Å². The maximum Gasteiger partial charge on any atom is 0.161 e. The first-order valence-electron chi connectivity index (χ1n) is 47.8. The molecule has 9 aromatic heterocycles. The molecule has 0 saturated carbocycles. The number of rotatable bonds is 12. The minimum absolute atomic E-state index is 0.878. The second kappa shape index (κ2) is 33.0. The Bertz CT molecular complexity index is 10200. The van der Waals surface area contributed by atoms with E-state index >= 15 is 0 Å². The summed E-state index contributed by atoms with van der Waals surface area (Å²) in [4.78, 5) is 0. The monoisotopic (exact) mass is 1800 g/mol. The van der Waals surface area contributed by atoms with Crippen molar-refractivity contribution in [2.75, 3.05) is 0 Å². The topological polar surface area (TPSA) is 93.6 Å². The Morgan fingerprint density at radius 3 is 0.787 bits per heavy atom. The molecule has 30 aromatic rings. The van der Waals surface area contributed by atoms with Gasteiger partial charge in [0.05, 0.1) is 16.6 Å². The van der Waals surface area contributed by atoms with E-state index in [1.54, 1.807) is 0 Å². The van der Waals surface area contributed by atoms with Crippen LogP contribution in [0.25, 0.3) is 282 Å². The van der Waals surface area contributed by atoms with Crippen molar-refractivity contribution < 1.29 is 26.5 Å². The van der Waals surface area contributed by atoms with Gasteiger partial charge in [-0.2, -0.15) is 0 Å². The van der Waals surface area contributed by atoms with Gasteiger partial charge in [0.25, 0.3) is 0 Å². The molecular weight excluding hydrogens is 1720 g/mol. The quantitative estimate of drug-likeness (QED) is 0.121. The SMILES string of the molecule is c1ccc(-c2ccc3c(c2)oc2cc(-c4ccccc4-c4cccc5c4oc4c6ccccc6n(-c6ccccc6)c54)ccc23)cc1.c1ccc(-c2ccc3oc4c(-c5ccccc5-c5cccc6c5oc5c7ccccc7n(-c7ccccc7)c65)cccc4c3c2)cc1.c1ccc(-c2cccc3c2oc2c(-c4ccccc4-c4cccc5c4oc4c6ccccc6n(-c6ccccc6)c54)cccc23)cc1. The molecule has 0 unspecified atom stereocenters. The van der Waals surface area contributed by atoms with Crippen molar-refractivity contribution in [3.05, 3.63) is 491 Å². The van der Waals surface area contributed by atoms with Crippen molar-refractivity contribution in [1.29, 1.82) is 0 Å². The van der Waals surface area contributed by atoms with Gasteiger partial charge in [-0.1, -0.05) is 364 Å². The molecule has 0 fully saturated rings. The van der Waals surface area contributed by atoms with E-state index in [0.29, 0.717) is 0 Å². The van der Waals surface area contributed by atoms with E-state index in [0.717, 1.165) is 265 Å². The van der Waals surface area contributed by atoms with Gasteiger partial charge in [-0.25, -0.2) is 0 Å². The number of hydrogen-bond acceptors (Lipinski definition) is 6. The van der Waals surface area contributed by atoms with Crippen LogP contribution in [0.5, 0.6) is 0 Å². The van der Waals surface area contributed by atoms with E-state index in [1.165, 1.54) is 16.7 Å². The first-order chi connectivity index (χ1) is 70.0. The fourth-order valence-corrected chi connectivity index (χ4v) is 22.0. The van der Waals surface area contributed by atoms with Crippen LogP contribution in [0.2, 0.25) is 0 Å². The Kier molecular flexibility index (Phi) is 18.8. The van der Waals surface area contributed by atoms with Crippen LogP contribution in [0.15, 0.2) is 518 Å². The molecule has 0 N–H and O–H groups in total. The molecule has 21 aromatic carbocycles. The minimum atomic E-state index is 0.878. The van der Waals surface area contributed by atoms with Crippen molar-refractivity contribution in [2.45, 2.75) is 0 Å². The molecule has 141 heavy (non-hydrogen) atoms. The third kappa shape index (κ3) is 13.1. The highest BCUT2D eigenvalue weighted by atomic mass is 16.4. The predicted octanol–water partition coefficient (Wildman–Crippen LogP) is 37.3. The Morgan fingerprint density at radius 1 is 0.121 bits per heavy atom. The van der Waals surface area contributed by atoms with Gasteiger partial charge in [-0.3, -0.25) is 0 Å². The normalized spacial score (nSPS) is 11.8. The highest BCUT2D eigenvalue weighted by Gasteiger charge is 2.29. The van der Waals surface area contributed by atoms with Gasteiger partial charge in [0, 0.05) is 115 Å². The first kappa shape index (κ1) is 80.5. The zero-order chi connectivity index (χ0) is 92.7. The van der Waals surface area contributed by atoms with Crippen LogP contribution in [0.4, 0.5) is 0 Å². The molecule has 0 amide bonds. The molecule has 0 bridgehead atoms. The predicted molar refractivity (Wildman–Crippen MR) is 582 cm³/mol. The van der Waals surface area contributed by atoms with Gasteiger partial charge < -0.3 is 40.2 Å². The van der Waals surface area contributed by atoms with E-state index in [9.17, 15) is 0 Å². The van der Waals surface area contributed by atoms with Gasteiger partial charge in [0.2, 0.25) is 0 Å². The third-order valence-corrected chi connectivity index (χ3v) is 28.3. The van der Waals surface area contributed by atoms with Crippen molar-refractivity contribution in [2.24, 2.45) is 0 Å². The molecule has 0 aliphatic rings. The molecule has 0 spiro atoms. The molecule has 0 aliphatic heterocycles. The standard InChI is InChI=1S/3C44H27NO2/c1-3-14-28(15-4-1)30-21-11-24-35-36-25-12-22-33(42(36)46-41(30)35)31-18-7-8-19-32(31)34-23-13-26-38-40-44(47-43(34)38)37-20-9-10-27-39(37)45(40)29-16-5-2-6-17-29;1-3-13-28(14-4-1)29-25-26-40-38(27-29)35-22-11-20-33(42(35)46-40)31-17-7-8-18-32(31)34-21-12-23-37-41-44(47-43(34)37)36-19-9-10-24-39(36)45(41)30-15-5-2-6-16-30;1-3-12-28(13-4-1)29-22-24-34-35-25-23-30(27-41(35)46-40(34)26-29)32-16-7-8-17-33(32)36-19-11-20-38-42-44(47-43(36)38)37-18-9-10-21-39(37)45(42)31-14-5-2-6-15-31/h3*1-27H. The molecule has 0 atom stereocenters. The highest BCUT2D eigenvalue weighted by molar-refractivity contribution is 6.24. The lowest BCUT2D eigenvalue weighted by atomic mass is 9.92. The Morgan fingerprint density at radius 2 is 0.383 bits per heavy atom. The summed E-state index contributed by atoms with van der Waals surface area (Å²) in [5.74, 6) is 0. The first-order valence-corrected chi connectivity index (χ1v) is 47.8. The van der Waals surface area contributed by atoms with Gasteiger partial charge >= 0.3 is 0 Å². The van der Waals surface area contributed by atoms with Crippen LogP contribution in [0.1, 0.15) is 0 Å². The zero-order valence-corrected chi connectivity index (χ0v) is 76.1. The summed E-state index contributed by atoms with van der Waals surface area (Å²) in [7, 11) is 0. The molecule has 9 heteroatoms. The van der Waals surface area contributed by atoms with Crippen LogP contribution >= 0.6 is 0 Å². The van der Waals surface area contributed by atoms with Crippen LogP contribution < -0.4 is 0 Å². The average Bonchev–Trinajstić information content (AvgIpc) is 1.54. The van der Waals surface area contributed by atoms with E-state index < -0.39 is 0 Å². The van der Waals surface area contributed by atoms with Crippen LogP contribution in [0.3, 0.4) is 0 Å². The molecule has 0 aliphatic carbocycles. The second-order valence-electron chi connectivity index (χ2n) is 36.2. The molecule has 9 heterocycles. The lowest BCUT2D eigenvalue weighted by Gasteiger charge is -2.12. The molecule has 0 saturated heterocycles. The average molecular weight is 1810 g/mol. The lowest BCUT2D eigenvalue weighted by molar-refractivity contribution is 0.669. The van der Waals surface area contributed by atoms with Crippen LogP contribution in [0, 0.1) is 0 Å². The minimum Gasteiger partial charge on any atom is -0.456 e. The fraction of sp³-hybridized carbons (Fsp3) is 0. The van der Waals surface area contributed by atoms with Gasteiger partial charge in [-0.15, -0.1) is 0 Å². The maximum absolute atomic E-state index is 6.90. The van der Waals surface area contributed by atoms with Crippen LogP contribution in [-0.2, 0) is 0 Å². The number of aromatic nitrogens is 3. The van der Waals surface area contributed by atoms with E-state index in [1.807, 2.05) is 18.2 Å². The number of fused-ring (bicyclic) bond motifs is 24. The smallest absolute Gasteiger partial charge is 0.161 e. The Hall–Kier alpha value is -19.0. The number of benzene rings is 21. The largest absolute Gasteiger partial charge is 0.456 e. The van der Waals surface area contributed by atoms with Crippen molar-refractivity contribution in [3.8, 4) is 117 Å². The van der Waals surface area contributed by atoms with Crippen LogP contribution in [-0.4, -0.2) is 13.7 Å². The fourth-order valence-electron chi connectivity index (χ4n) is 22.0. The summed E-state index contributed by atoms with van der Waals surface area (Å²) in [5.41, 5.74) is 40.6. The number of furan rings is 6. The Labute approximate surface area is 807 Å². The van der Waals surface area contributed by atoms with Crippen molar-refractivity contribution >= 4 is 165 Å². The number of para-hydroxylation sites is 12. The van der Waals surface area contributed by atoms with Crippen molar-refractivity contribution in [1.82, 2.24) is 13.7 Å².